The highest BCUT2D eigenvalue weighted by molar-refractivity contribution is 4.66. The highest BCUT2D eigenvalue weighted by Crippen LogP contribution is 2.27. The number of aliphatic hydroxyl groups is 2. The van der Waals surface area contributed by atoms with Crippen molar-refractivity contribution < 1.29 is 23.4 Å². The fraction of sp³-hybridized carbons (Fsp3) is 1.00. The van der Waals surface area contributed by atoms with Crippen molar-refractivity contribution in [3.63, 3.8) is 0 Å². The van der Waals surface area contributed by atoms with Crippen LogP contribution in [0.25, 0.3) is 0 Å². The van der Waals surface area contributed by atoms with Crippen LogP contribution in [0.3, 0.4) is 0 Å². The second-order valence-corrected chi connectivity index (χ2v) is 2.13. The molecular weight excluding hydrogens is 149 g/mol. The van der Waals surface area contributed by atoms with E-state index in [1.54, 1.807) is 0 Å². The number of alkyl halides is 3. The lowest BCUT2D eigenvalue weighted by molar-refractivity contribution is -0.245. The number of hydrogen-bond donors (Lipinski definition) is 2. The first-order valence-electron chi connectivity index (χ1n) is 2.78. The van der Waals surface area contributed by atoms with Gasteiger partial charge < -0.3 is 10.2 Å². The molecule has 0 fully saturated rings. The number of hydrogen-bond acceptors (Lipinski definition) is 2. The molecule has 0 aliphatic rings. The minimum atomic E-state index is -4.51. The summed E-state index contributed by atoms with van der Waals surface area (Å²) >= 11 is 0. The van der Waals surface area contributed by atoms with Crippen molar-refractivity contribution >= 4 is 0 Å². The summed E-state index contributed by atoms with van der Waals surface area (Å²) in [5, 5.41) is 17.0. The molecule has 0 heterocycles. The van der Waals surface area contributed by atoms with Gasteiger partial charge in [0.2, 0.25) is 0 Å². The van der Waals surface area contributed by atoms with E-state index in [-0.39, 0.29) is 6.42 Å². The predicted octanol–water partition coefficient (Wildman–Crippen LogP) is 1.03. The molecule has 0 aliphatic carbocycles. The van der Waals surface area contributed by atoms with Gasteiger partial charge in [0.1, 0.15) is 0 Å². The van der Waals surface area contributed by atoms with E-state index in [4.69, 9.17) is 10.2 Å². The van der Waals surface area contributed by atoms with Gasteiger partial charge in [-0.15, -0.1) is 0 Å². The van der Waals surface area contributed by atoms with Gasteiger partial charge in [0, 0.05) is 0 Å². The van der Waals surface area contributed by atoms with Gasteiger partial charge in [0.15, 0.2) is 5.79 Å². The molecule has 0 saturated carbocycles. The largest absolute Gasteiger partial charge is 0.394 e. The van der Waals surface area contributed by atoms with Crippen LogP contribution in [0.4, 0.5) is 13.2 Å². The van der Waals surface area contributed by atoms with Gasteiger partial charge in [-0.2, -0.15) is 13.2 Å². The molecule has 0 spiro atoms. The molecule has 0 saturated heterocycles. The van der Waals surface area contributed by atoms with E-state index in [0.29, 0.717) is 0 Å². The van der Waals surface area contributed by atoms with Gasteiger partial charge in [-0.05, 0) is 6.42 Å². The first kappa shape index (κ1) is 9.71. The van der Waals surface area contributed by atoms with Crippen molar-refractivity contribution in [2.45, 2.75) is 31.7 Å². The quantitative estimate of drug-likeness (QED) is 0.589. The predicted molar refractivity (Wildman–Crippen MR) is 28.1 cm³/mol. The molecule has 0 rings (SSSR count). The van der Waals surface area contributed by atoms with Crippen molar-refractivity contribution in [2.24, 2.45) is 0 Å². The van der Waals surface area contributed by atoms with Crippen LogP contribution in [0.2, 0.25) is 0 Å². The van der Waals surface area contributed by atoms with Crippen LogP contribution in [0.5, 0.6) is 0 Å². The smallest absolute Gasteiger partial charge is 0.365 e. The summed E-state index contributed by atoms with van der Waals surface area (Å²) in [6.07, 6.45) is -6.41. The van der Waals surface area contributed by atoms with E-state index in [0.717, 1.165) is 0 Å². The summed E-state index contributed by atoms with van der Waals surface area (Å²) in [7, 11) is 0. The summed E-state index contributed by atoms with van der Waals surface area (Å²) in [5.41, 5.74) is 0. The third-order valence-electron chi connectivity index (χ3n) is 1.05. The van der Waals surface area contributed by atoms with Crippen molar-refractivity contribution in [1.29, 1.82) is 0 Å². The van der Waals surface area contributed by atoms with E-state index < -0.39 is 18.4 Å². The molecule has 62 valence electrons. The zero-order chi connectivity index (χ0) is 8.41. The average molecular weight is 158 g/mol. The lowest BCUT2D eigenvalue weighted by Gasteiger charge is -2.20. The van der Waals surface area contributed by atoms with Crippen LogP contribution < -0.4 is 0 Å². The van der Waals surface area contributed by atoms with Gasteiger partial charge >= 0.3 is 6.18 Å². The normalized spacial score (nSPS) is 13.8. The minimum absolute atomic E-state index is 0.327. The second kappa shape index (κ2) is 2.75. The molecular formula is C5H9F3O2. The van der Waals surface area contributed by atoms with E-state index in [1.807, 2.05) is 0 Å². The Labute approximate surface area is 56.3 Å². The maximum atomic E-state index is 11.4. The monoisotopic (exact) mass is 158 g/mol. The molecule has 2 nitrogen and oxygen atoms in total. The third-order valence-corrected chi connectivity index (χ3v) is 1.05. The zero-order valence-electron chi connectivity index (χ0n) is 5.44. The molecule has 10 heavy (non-hydrogen) atoms. The van der Waals surface area contributed by atoms with Crippen molar-refractivity contribution in [2.75, 3.05) is 0 Å². The van der Waals surface area contributed by atoms with Crippen LogP contribution in [-0.4, -0.2) is 22.2 Å². The Morgan fingerprint density at radius 3 is 1.70 bits per heavy atom. The molecule has 0 radical (unpaired) electrons. The molecule has 2 N–H and O–H groups in total. The zero-order valence-corrected chi connectivity index (χ0v) is 5.44. The highest BCUT2D eigenvalue weighted by Gasteiger charge is 2.38. The average Bonchev–Trinajstić information content (AvgIpc) is 1.60. The molecule has 0 aromatic carbocycles. The fourth-order valence-electron chi connectivity index (χ4n) is 0.446. The topological polar surface area (TPSA) is 40.5 Å². The summed E-state index contributed by atoms with van der Waals surface area (Å²) in [4.78, 5) is 0. The Hall–Kier alpha value is -0.290. The molecule has 0 atom stereocenters. The van der Waals surface area contributed by atoms with Crippen molar-refractivity contribution in [1.82, 2.24) is 0 Å². The summed E-state index contributed by atoms with van der Waals surface area (Å²) in [6.45, 7) is 1.27. The molecule has 0 aromatic rings. The van der Waals surface area contributed by atoms with Crippen LogP contribution in [-0.2, 0) is 0 Å². The minimum Gasteiger partial charge on any atom is -0.365 e. The Bertz CT molecular complexity index is 108. The fourth-order valence-corrected chi connectivity index (χ4v) is 0.446. The lowest BCUT2D eigenvalue weighted by Crippen LogP contribution is -2.33. The lowest BCUT2D eigenvalue weighted by atomic mass is 10.1. The second-order valence-electron chi connectivity index (χ2n) is 2.13. The standard InChI is InChI=1S/C5H9F3O2/c1-2-4(9,10)3-5(6,7)8/h9-10H,2-3H2,1H3. The summed E-state index contributed by atoms with van der Waals surface area (Å²) in [5.74, 6) is -2.60. The molecule has 0 aromatic heterocycles. The van der Waals surface area contributed by atoms with Gasteiger partial charge in [-0.25, -0.2) is 0 Å². The van der Waals surface area contributed by atoms with Crippen LogP contribution in [0, 0.1) is 0 Å². The SMILES string of the molecule is CCC(O)(O)CC(F)(F)F. The first-order valence-corrected chi connectivity index (χ1v) is 2.78. The van der Waals surface area contributed by atoms with Crippen LogP contribution in [0.15, 0.2) is 0 Å². The maximum absolute atomic E-state index is 11.4. The van der Waals surface area contributed by atoms with Crippen LogP contribution in [0.1, 0.15) is 19.8 Å². The molecule has 0 aliphatic heterocycles. The van der Waals surface area contributed by atoms with Gasteiger partial charge in [-0.1, -0.05) is 6.92 Å². The van der Waals surface area contributed by atoms with Gasteiger partial charge in [0.05, 0.1) is 6.42 Å². The van der Waals surface area contributed by atoms with E-state index in [9.17, 15) is 13.2 Å². The third kappa shape index (κ3) is 4.58. The maximum Gasteiger partial charge on any atom is 0.394 e. The molecule has 0 unspecified atom stereocenters. The summed E-state index contributed by atoms with van der Waals surface area (Å²) < 4.78 is 34.3. The van der Waals surface area contributed by atoms with E-state index >= 15 is 0 Å². The van der Waals surface area contributed by atoms with Crippen molar-refractivity contribution in [3.8, 4) is 0 Å². The Morgan fingerprint density at radius 2 is 1.60 bits per heavy atom. The highest BCUT2D eigenvalue weighted by atomic mass is 19.4. The van der Waals surface area contributed by atoms with Gasteiger partial charge in [0.25, 0.3) is 0 Å². The van der Waals surface area contributed by atoms with Crippen LogP contribution >= 0.6 is 0 Å². The summed E-state index contributed by atoms with van der Waals surface area (Å²) in [6, 6.07) is 0. The van der Waals surface area contributed by atoms with Crippen molar-refractivity contribution in [3.05, 3.63) is 0 Å². The number of rotatable bonds is 2. The Kier molecular flexibility index (Phi) is 2.67. The van der Waals surface area contributed by atoms with Gasteiger partial charge in [-0.3, -0.25) is 0 Å². The Balaban J connectivity index is 3.89. The Morgan fingerprint density at radius 1 is 1.20 bits per heavy atom. The number of halogens is 3. The molecule has 0 bridgehead atoms. The van der Waals surface area contributed by atoms with E-state index in [2.05, 4.69) is 0 Å². The molecule has 5 heteroatoms. The first-order chi connectivity index (χ1) is 4.27. The molecule has 0 amide bonds. The van der Waals surface area contributed by atoms with E-state index in [1.165, 1.54) is 6.92 Å².